The Labute approximate surface area is 158 Å². The summed E-state index contributed by atoms with van der Waals surface area (Å²) in [5.74, 6) is -0.594. The zero-order valence-electron chi connectivity index (χ0n) is 15.8. The maximum absolute atomic E-state index is 12.7. The number of amides is 3. The van der Waals surface area contributed by atoms with Crippen LogP contribution in [-0.2, 0) is 9.53 Å². The van der Waals surface area contributed by atoms with Crippen molar-refractivity contribution in [3.05, 3.63) is 29.8 Å². The molecule has 0 spiro atoms. The summed E-state index contributed by atoms with van der Waals surface area (Å²) >= 11 is 0. The molecule has 3 amide bonds. The van der Waals surface area contributed by atoms with E-state index in [0.29, 0.717) is 37.4 Å². The number of carbonyl (C=O) groups is 3. The Hall–Kier alpha value is -3.08. The summed E-state index contributed by atoms with van der Waals surface area (Å²) < 4.78 is 5.35. The molecule has 1 fully saturated rings. The quantitative estimate of drug-likeness (QED) is 0.876. The van der Waals surface area contributed by atoms with Crippen LogP contribution in [0.15, 0.2) is 24.3 Å². The van der Waals surface area contributed by atoms with Gasteiger partial charge in [0.2, 0.25) is 5.91 Å². The molecule has 27 heavy (non-hydrogen) atoms. The molecule has 1 saturated heterocycles. The van der Waals surface area contributed by atoms with E-state index in [0.717, 1.165) is 0 Å². The van der Waals surface area contributed by atoms with Gasteiger partial charge in [-0.2, -0.15) is 5.26 Å². The van der Waals surface area contributed by atoms with Gasteiger partial charge in [0.05, 0.1) is 6.07 Å². The fourth-order valence-corrected chi connectivity index (χ4v) is 2.61. The summed E-state index contributed by atoms with van der Waals surface area (Å²) in [4.78, 5) is 39.6. The van der Waals surface area contributed by atoms with E-state index in [2.05, 4.69) is 5.32 Å². The van der Waals surface area contributed by atoms with Crippen LogP contribution in [0, 0.1) is 11.3 Å². The van der Waals surface area contributed by atoms with Crippen LogP contribution in [0.3, 0.4) is 0 Å². The lowest BCUT2D eigenvalue weighted by Gasteiger charge is -2.35. The molecule has 0 saturated carbocycles. The molecular formula is C19H24N4O4. The fraction of sp³-hybridized carbons (Fsp3) is 0.474. The Kier molecular flexibility index (Phi) is 6.40. The molecule has 2 rings (SSSR count). The lowest BCUT2D eigenvalue weighted by Crippen LogP contribution is -2.51. The van der Waals surface area contributed by atoms with Gasteiger partial charge in [-0.3, -0.25) is 9.59 Å². The van der Waals surface area contributed by atoms with E-state index in [1.165, 1.54) is 0 Å². The average molecular weight is 372 g/mol. The van der Waals surface area contributed by atoms with Gasteiger partial charge in [0.25, 0.3) is 5.91 Å². The van der Waals surface area contributed by atoms with Gasteiger partial charge in [-0.15, -0.1) is 0 Å². The molecule has 8 heteroatoms. The van der Waals surface area contributed by atoms with Crippen LogP contribution in [0.4, 0.5) is 10.5 Å². The number of anilines is 1. The summed E-state index contributed by atoms with van der Waals surface area (Å²) in [6.45, 7) is 7.05. The van der Waals surface area contributed by atoms with E-state index in [9.17, 15) is 14.4 Å². The van der Waals surface area contributed by atoms with Crippen molar-refractivity contribution >= 4 is 23.6 Å². The monoisotopic (exact) mass is 372 g/mol. The van der Waals surface area contributed by atoms with Crippen molar-refractivity contribution in [1.29, 1.82) is 5.26 Å². The zero-order valence-corrected chi connectivity index (χ0v) is 15.8. The minimum absolute atomic E-state index is 0.171. The topological polar surface area (TPSA) is 103 Å². The number of nitrogens with zero attached hydrogens (tertiary/aromatic N) is 3. The van der Waals surface area contributed by atoms with E-state index >= 15 is 0 Å². The highest BCUT2D eigenvalue weighted by atomic mass is 16.6. The Balaban J connectivity index is 1.95. The molecule has 0 bridgehead atoms. The van der Waals surface area contributed by atoms with Crippen LogP contribution >= 0.6 is 0 Å². The number of carbonyl (C=O) groups excluding carboxylic acids is 3. The minimum atomic E-state index is -0.555. The first-order chi connectivity index (χ1) is 12.7. The second-order valence-corrected chi connectivity index (χ2v) is 7.22. The summed E-state index contributed by atoms with van der Waals surface area (Å²) in [6.07, 6.45) is -0.623. The number of hydrogen-bond acceptors (Lipinski definition) is 5. The molecule has 0 aromatic heterocycles. The van der Waals surface area contributed by atoms with Crippen molar-refractivity contribution in [2.45, 2.75) is 32.8 Å². The van der Waals surface area contributed by atoms with Gasteiger partial charge in [-0.1, -0.05) is 6.07 Å². The Morgan fingerprint density at radius 1 is 1.15 bits per heavy atom. The predicted molar refractivity (Wildman–Crippen MR) is 99.0 cm³/mol. The molecule has 144 valence electrons. The van der Waals surface area contributed by atoms with Gasteiger partial charge in [0, 0.05) is 37.4 Å². The molecule has 1 heterocycles. The maximum atomic E-state index is 12.7. The second-order valence-electron chi connectivity index (χ2n) is 7.22. The average Bonchev–Trinajstić information content (AvgIpc) is 2.60. The van der Waals surface area contributed by atoms with Crippen molar-refractivity contribution in [2.75, 3.05) is 31.5 Å². The van der Waals surface area contributed by atoms with E-state index in [-0.39, 0.29) is 18.4 Å². The zero-order chi connectivity index (χ0) is 20.0. The van der Waals surface area contributed by atoms with E-state index in [1.807, 2.05) is 20.8 Å². The van der Waals surface area contributed by atoms with Crippen molar-refractivity contribution in [2.24, 2.45) is 0 Å². The van der Waals surface area contributed by atoms with Crippen molar-refractivity contribution in [3.8, 4) is 6.07 Å². The number of nitriles is 1. The number of ether oxygens (including phenoxy) is 1. The smallest absolute Gasteiger partial charge is 0.410 e. The Bertz CT molecular complexity index is 756. The molecule has 0 aliphatic carbocycles. The molecule has 0 unspecified atom stereocenters. The SMILES string of the molecule is CC(C)(C)OC(=O)N1CCN(C(=O)c2cccc(NC(=O)CC#N)c2)CC1. The lowest BCUT2D eigenvalue weighted by atomic mass is 10.1. The molecule has 1 aliphatic heterocycles. The van der Waals surface area contributed by atoms with Crippen LogP contribution in [0.1, 0.15) is 37.6 Å². The van der Waals surface area contributed by atoms with Crippen LogP contribution in [0.2, 0.25) is 0 Å². The summed E-state index contributed by atoms with van der Waals surface area (Å²) in [6, 6.07) is 8.36. The van der Waals surface area contributed by atoms with Crippen molar-refractivity contribution < 1.29 is 19.1 Å². The number of hydrogen-bond donors (Lipinski definition) is 1. The van der Waals surface area contributed by atoms with E-state index < -0.39 is 11.5 Å². The van der Waals surface area contributed by atoms with Gasteiger partial charge >= 0.3 is 6.09 Å². The maximum Gasteiger partial charge on any atom is 0.410 e. The first-order valence-corrected chi connectivity index (χ1v) is 8.73. The highest BCUT2D eigenvalue weighted by Gasteiger charge is 2.28. The van der Waals surface area contributed by atoms with Gasteiger partial charge < -0.3 is 19.9 Å². The molecule has 0 radical (unpaired) electrons. The number of nitrogens with one attached hydrogen (secondary N) is 1. The Morgan fingerprint density at radius 2 is 1.78 bits per heavy atom. The van der Waals surface area contributed by atoms with Gasteiger partial charge in [-0.05, 0) is 39.0 Å². The number of piperazine rings is 1. The number of rotatable bonds is 3. The summed E-state index contributed by atoms with van der Waals surface area (Å²) in [5, 5.41) is 11.1. The first kappa shape index (κ1) is 20.2. The van der Waals surface area contributed by atoms with Crippen LogP contribution < -0.4 is 5.32 Å². The fourth-order valence-electron chi connectivity index (χ4n) is 2.61. The van der Waals surface area contributed by atoms with Crippen LogP contribution in [0.25, 0.3) is 0 Å². The molecule has 1 aliphatic rings. The van der Waals surface area contributed by atoms with Gasteiger partial charge in [0.1, 0.15) is 12.0 Å². The Morgan fingerprint density at radius 3 is 2.37 bits per heavy atom. The molecule has 1 aromatic rings. The second kappa shape index (κ2) is 8.54. The van der Waals surface area contributed by atoms with E-state index in [1.54, 1.807) is 40.1 Å². The largest absolute Gasteiger partial charge is 0.444 e. The third-order valence-electron chi connectivity index (χ3n) is 3.85. The molecule has 1 aromatic carbocycles. The van der Waals surface area contributed by atoms with Gasteiger partial charge in [-0.25, -0.2) is 4.79 Å². The molecular weight excluding hydrogens is 348 g/mol. The van der Waals surface area contributed by atoms with Crippen molar-refractivity contribution in [3.63, 3.8) is 0 Å². The van der Waals surface area contributed by atoms with Crippen molar-refractivity contribution in [1.82, 2.24) is 9.80 Å². The van der Waals surface area contributed by atoms with Gasteiger partial charge in [0.15, 0.2) is 0 Å². The molecule has 1 N–H and O–H groups in total. The standard InChI is InChI=1S/C19H24N4O4/c1-19(2,3)27-18(26)23-11-9-22(10-12-23)17(25)14-5-4-6-15(13-14)21-16(24)7-8-20/h4-6,13H,7,9-12H2,1-3H3,(H,21,24). The van der Waals surface area contributed by atoms with E-state index in [4.69, 9.17) is 10.00 Å². The normalized spacial score (nSPS) is 14.3. The first-order valence-electron chi connectivity index (χ1n) is 8.73. The van der Waals surface area contributed by atoms with Crippen LogP contribution in [-0.4, -0.2) is 59.5 Å². The summed E-state index contributed by atoms with van der Waals surface area (Å²) in [7, 11) is 0. The lowest BCUT2D eigenvalue weighted by molar-refractivity contribution is -0.115. The summed E-state index contributed by atoms with van der Waals surface area (Å²) in [5.41, 5.74) is 0.351. The molecule has 0 atom stereocenters. The highest BCUT2D eigenvalue weighted by molar-refractivity contribution is 5.97. The highest BCUT2D eigenvalue weighted by Crippen LogP contribution is 2.16. The predicted octanol–water partition coefficient (Wildman–Crippen LogP) is 2.23. The van der Waals surface area contributed by atoms with Crippen LogP contribution in [0.5, 0.6) is 0 Å². The minimum Gasteiger partial charge on any atom is -0.444 e. The molecule has 8 nitrogen and oxygen atoms in total. The third-order valence-corrected chi connectivity index (χ3v) is 3.85. The third kappa shape index (κ3) is 5.99. The number of benzene rings is 1.